The number of halogens is 4. The third kappa shape index (κ3) is 12.2. The molecular weight excluding hydrogens is 536 g/mol. The minimum absolute atomic E-state index is 0. The van der Waals surface area contributed by atoms with E-state index in [9.17, 15) is 13.2 Å². The van der Waals surface area contributed by atoms with E-state index >= 15 is 0 Å². The van der Waals surface area contributed by atoms with Crippen molar-refractivity contribution in [2.75, 3.05) is 46.5 Å². The summed E-state index contributed by atoms with van der Waals surface area (Å²) in [5, 5.41) is 6.80. The summed E-state index contributed by atoms with van der Waals surface area (Å²) in [4.78, 5) is 7.13. The SMILES string of the molecule is CCNC(=NCc1cccc(COCC(F)(F)F)c1)NC1CCN(CCCOC)CC1.I. The van der Waals surface area contributed by atoms with Gasteiger partial charge in [-0.05, 0) is 37.3 Å². The van der Waals surface area contributed by atoms with Crippen molar-refractivity contribution in [3.05, 3.63) is 35.4 Å². The number of ether oxygens (including phenoxy) is 2. The summed E-state index contributed by atoms with van der Waals surface area (Å²) < 4.78 is 46.6. The largest absolute Gasteiger partial charge is 0.411 e. The van der Waals surface area contributed by atoms with E-state index in [1.165, 1.54) is 0 Å². The highest BCUT2D eigenvalue weighted by molar-refractivity contribution is 14.0. The maximum absolute atomic E-state index is 12.2. The van der Waals surface area contributed by atoms with Crippen LogP contribution in [0, 0.1) is 0 Å². The fourth-order valence-corrected chi connectivity index (χ4v) is 3.52. The van der Waals surface area contributed by atoms with Gasteiger partial charge in [-0.2, -0.15) is 13.2 Å². The van der Waals surface area contributed by atoms with Gasteiger partial charge in [0.1, 0.15) is 6.61 Å². The Balaban J connectivity index is 0.00000512. The summed E-state index contributed by atoms with van der Waals surface area (Å²) in [7, 11) is 1.73. The van der Waals surface area contributed by atoms with Gasteiger partial charge < -0.3 is 25.0 Å². The van der Waals surface area contributed by atoms with Crippen LogP contribution in [0.1, 0.15) is 37.3 Å². The van der Waals surface area contributed by atoms with Gasteiger partial charge in [0.25, 0.3) is 0 Å². The van der Waals surface area contributed by atoms with Crippen molar-refractivity contribution >= 4 is 29.9 Å². The highest BCUT2D eigenvalue weighted by Gasteiger charge is 2.27. The summed E-state index contributed by atoms with van der Waals surface area (Å²) in [5.74, 6) is 0.763. The van der Waals surface area contributed by atoms with Crippen LogP contribution in [0.25, 0.3) is 0 Å². The number of guanidine groups is 1. The van der Waals surface area contributed by atoms with Crippen LogP contribution in [-0.4, -0.2) is 69.6 Å². The fraction of sp³-hybridized carbons (Fsp3) is 0.682. The van der Waals surface area contributed by atoms with Crippen LogP contribution in [0.4, 0.5) is 13.2 Å². The van der Waals surface area contributed by atoms with E-state index in [0.29, 0.717) is 18.2 Å². The molecule has 32 heavy (non-hydrogen) atoms. The van der Waals surface area contributed by atoms with E-state index < -0.39 is 12.8 Å². The van der Waals surface area contributed by atoms with Gasteiger partial charge in [-0.25, -0.2) is 4.99 Å². The third-order valence-electron chi connectivity index (χ3n) is 5.04. The lowest BCUT2D eigenvalue weighted by molar-refractivity contribution is -0.176. The molecule has 0 atom stereocenters. The first-order valence-electron chi connectivity index (χ1n) is 10.9. The molecule has 1 aliphatic heterocycles. The van der Waals surface area contributed by atoms with Crippen LogP contribution in [0.2, 0.25) is 0 Å². The molecule has 2 N–H and O–H groups in total. The van der Waals surface area contributed by atoms with Crippen molar-refractivity contribution in [2.24, 2.45) is 4.99 Å². The van der Waals surface area contributed by atoms with Crippen LogP contribution >= 0.6 is 24.0 Å². The maximum atomic E-state index is 12.2. The van der Waals surface area contributed by atoms with Crippen LogP contribution < -0.4 is 10.6 Å². The second-order valence-corrected chi connectivity index (χ2v) is 7.73. The van der Waals surface area contributed by atoms with Crippen molar-refractivity contribution in [3.63, 3.8) is 0 Å². The van der Waals surface area contributed by atoms with E-state index in [2.05, 4.69) is 20.5 Å². The van der Waals surface area contributed by atoms with Gasteiger partial charge in [0, 0.05) is 45.9 Å². The van der Waals surface area contributed by atoms with Gasteiger partial charge in [0.2, 0.25) is 0 Å². The normalized spacial score (nSPS) is 16.0. The molecule has 1 heterocycles. The molecule has 0 saturated carbocycles. The minimum Gasteiger partial charge on any atom is -0.385 e. The Morgan fingerprint density at radius 2 is 1.94 bits per heavy atom. The molecule has 184 valence electrons. The molecule has 10 heteroatoms. The molecule has 0 radical (unpaired) electrons. The summed E-state index contributed by atoms with van der Waals surface area (Å²) in [6.45, 7) is 5.89. The number of hydrogen-bond donors (Lipinski definition) is 2. The van der Waals surface area contributed by atoms with E-state index in [-0.39, 0.29) is 30.6 Å². The van der Waals surface area contributed by atoms with Crippen LogP contribution in [0.3, 0.4) is 0 Å². The van der Waals surface area contributed by atoms with E-state index in [4.69, 9.17) is 9.47 Å². The lowest BCUT2D eigenvalue weighted by atomic mass is 10.1. The first kappa shape index (κ1) is 28.9. The van der Waals surface area contributed by atoms with Gasteiger partial charge >= 0.3 is 6.18 Å². The Morgan fingerprint density at radius 3 is 2.59 bits per heavy atom. The number of likely N-dealkylation sites (tertiary alicyclic amines) is 1. The first-order chi connectivity index (χ1) is 14.9. The lowest BCUT2D eigenvalue weighted by Gasteiger charge is -2.33. The molecule has 1 saturated heterocycles. The quantitative estimate of drug-likeness (QED) is 0.182. The minimum atomic E-state index is -4.31. The Kier molecular flexibility index (Phi) is 14.2. The Morgan fingerprint density at radius 1 is 1.22 bits per heavy atom. The van der Waals surface area contributed by atoms with E-state index in [1.807, 2.05) is 25.1 Å². The number of rotatable bonds is 11. The highest BCUT2D eigenvalue weighted by atomic mass is 127. The van der Waals surface area contributed by atoms with Gasteiger partial charge in [-0.1, -0.05) is 24.3 Å². The number of methoxy groups -OCH3 is 1. The van der Waals surface area contributed by atoms with Crippen molar-refractivity contribution < 1.29 is 22.6 Å². The molecule has 0 bridgehead atoms. The summed E-state index contributed by atoms with van der Waals surface area (Å²) in [5.41, 5.74) is 1.63. The second-order valence-electron chi connectivity index (χ2n) is 7.73. The number of alkyl halides is 3. The van der Waals surface area contributed by atoms with Crippen molar-refractivity contribution in [2.45, 2.75) is 51.6 Å². The summed E-state index contributed by atoms with van der Waals surface area (Å²) in [6, 6.07) is 7.70. The molecule has 1 aliphatic rings. The number of nitrogens with zero attached hydrogens (tertiary/aromatic N) is 2. The van der Waals surface area contributed by atoms with Gasteiger partial charge in [0.05, 0.1) is 13.2 Å². The number of piperidine rings is 1. The average molecular weight is 572 g/mol. The molecule has 1 aromatic rings. The summed E-state index contributed by atoms with van der Waals surface area (Å²) in [6.07, 6.45) is -1.14. The predicted molar refractivity (Wildman–Crippen MR) is 131 cm³/mol. The molecule has 6 nitrogen and oxygen atoms in total. The zero-order valence-corrected chi connectivity index (χ0v) is 21.2. The molecule has 0 unspecified atom stereocenters. The molecule has 0 aromatic heterocycles. The lowest BCUT2D eigenvalue weighted by Crippen LogP contribution is -2.48. The van der Waals surface area contributed by atoms with Gasteiger partial charge in [0.15, 0.2) is 5.96 Å². The molecule has 1 aromatic carbocycles. The van der Waals surface area contributed by atoms with E-state index in [1.54, 1.807) is 13.2 Å². The van der Waals surface area contributed by atoms with Crippen molar-refractivity contribution in [3.8, 4) is 0 Å². The number of aliphatic imine (C=N–C) groups is 1. The monoisotopic (exact) mass is 572 g/mol. The predicted octanol–water partition coefficient (Wildman–Crippen LogP) is 3.94. The second kappa shape index (κ2) is 15.7. The maximum Gasteiger partial charge on any atom is 0.411 e. The van der Waals surface area contributed by atoms with E-state index in [0.717, 1.165) is 63.6 Å². The van der Waals surface area contributed by atoms with Crippen molar-refractivity contribution in [1.82, 2.24) is 15.5 Å². The first-order valence-corrected chi connectivity index (χ1v) is 10.9. The van der Waals surface area contributed by atoms with Crippen LogP contribution in [0.15, 0.2) is 29.3 Å². The zero-order chi connectivity index (χ0) is 22.5. The molecule has 0 aliphatic carbocycles. The number of nitrogens with one attached hydrogen (secondary N) is 2. The summed E-state index contributed by atoms with van der Waals surface area (Å²) >= 11 is 0. The highest BCUT2D eigenvalue weighted by Crippen LogP contribution is 2.16. The van der Waals surface area contributed by atoms with Crippen LogP contribution in [0.5, 0.6) is 0 Å². The Bertz CT molecular complexity index is 669. The standard InChI is InChI=1S/C22H35F3N4O2.HI/c1-3-26-21(28-20-8-11-29(12-9-20)10-5-13-30-2)27-15-18-6-4-7-19(14-18)16-31-17-22(23,24)25;/h4,6-7,14,20H,3,5,8-13,15-17H2,1-2H3,(H2,26,27,28);1H. The average Bonchev–Trinajstić information content (AvgIpc) is 2.73. The molecule has 1 fully saturated rings. The molecule has 2 rings (SSSR count). The van der Waals surface area contributed by atoms with Crippen molar-refractivity contribution in [1.29, 1.82) is 0 Å². The Hall–Kier alpha value is -1.11. The van der Waals surface area contributed by atoms with Gasteiger partial charge in [-0.15, -0.1) is 24.0 Å². The van der Waals surface area contributed by atoms with Gasteiger partial charge in [-0.3, -0.25) is 0 Å². The molecule has 0 amide bonds. The topological polar surface area (TPSA) is 58.1 Å². The zero-order valence-electron chi connectivity index (χ0n) is 18.9. The smallest absolute Gasteiger partial charge is 0.385 e. The fourth-order valence-electron chi connectivity index (χ4n) is 3.52. The number of benzene rings is 1. The molecule has 0 spiro atoms. The Labute approximate surface area is 206 Å². The third-order valence-corrected chi connectivity index (χ3v) is 5.04. The number of hydrogen-bond acceptors (Lipinski definition) is 4. The molecular formula is C22H36F3IN4O2. The van der Waals surface area contributed by atoms with Crippen LogP contribution in [-0.2, 0) is 22.6 Å².